The van der Waals surface area contributed by atoms with Gasteiger partial charge in [-0.2, -0.15) is 0 Å². The second-order valence-electron chi connectivity index (χ2n) is 6.20. The molecule has 2 rings (SSSR count). The summed E-state index contributed by atoms with van der Waals surface area (Å²) in [7, 11) is 0. The summed E-state index contributed by atoms with van der Waals surface area (Å²) >= 11 is 0. The van der Waals surface area contributed by atoms with Gasteiger partial charge < -0.3 is 14.8 Å². The molecule has 0 atom stereocenters. The lowest BCUT2D eigenvalue weighted by molar-refractivity contribution is -0.165. The van der Waals surface area contributed by atoms with Crippen LogP contribution in [0, 0.1) is 12.8 Å². The molecule has 0 unspecified atom stereocenters. The molecule has 1 fully saturated rings. The van der Waals surface area contributed by atoms with Crippen LogP contribution in [0.4, 0.5) is 0 Å². The average molecular weight is 291 g/mol. The number of rotatable bonds is 5. The molecule has 1 aromatic carbocycles. The van der Waals surface area contributed by atoms with E-state index in [-0.39, 0.29) is 12.6 Å². The number of hydrogen-bond acceptors (Lipinski definition) is 4. The van der Waals surface area contributed by atoms with Crippen LogP contribution < -0.4 is 10.1 Å². The van der Waals surface area contributed by atoms with E-state index >= 15 is 0 Å². The Hall–Kier alpha value is -1.55. The number of nitrogens with one attached hydrogen (secondary N) is 1. The first-order valence-electron chi connectivity index (χ1n) is 7.59. The van der Waals surface area contributed by atoms with Crippen molar-refractivity contribution in [1.29, 1.82) is 0 Å². The van der Waals surface area contributed by atoms with Gasteiger partial charge in [-0.15, -0.1) is 0 Å². The number of carbonyl (C=O) groups is 1. The van der Waals surface area contributed by atoms with Gasteiger partial charge in [0.25, 0.3) is 0 Å². The molecule has 1 heterocycles. The van der Waals surface area contributed by atoms with Gasteiger partial charge in [-0.25, -0.2) is 4.79 Å². The van der Waals surface area contributed by atoms with Gasteiger partial charge in [0.1, 0.15) is 11.4 Å². The van der Waals surface area contributed by atoms with Crippen molar-refractivity contribution in [2.24, 2.45) is 5.92 Å². The van der Waals surface area contributed by atoms with Crippen LogP contribution >= 0.6 is 0 Å². The first-order chi connectivity index (χ1) is 9.97. The highest BCUT2D eigenvalue weighted by atomic mass is 16.6. The van der Waals surface area contributed by atoms with Crippen molar-refractivity contribution in [2.45, 2.75) is 39.2 Å². The Kier molecular flexibility index (Phi) is 5.23. The van der Waals surface area contributed by atoms with E-state index in [0.717, 1.165) is 31.5 Å². The lowest BCUT2D eigenvalue weighted by Gasteiger charge is -2.36. The summed E-state index contributed by atoms with van der Waals surface area (Å²) in [6.45, 7) is 7.94. The van der Waals surface area contributed by atoms with Gasteiger partial charge in [-0.3, -0.25) is 0 Å². The maximum atomic E-state index is 12.0. The van der Waals surface area contributed by atoms with Gasteiger partial charge in [-0.05, 0) is 58.8 Å². The Morgan fingerprint density at radius 3 is 2.48 bits per heavy atom. The van der Waals surface area contributed by atoms with Crippen LogP contribution in [0.25, 0.3) is 0 Å². The maximum absolute atomic E-state index is 12.0. The number of hydrogen-bond donors (Lipinski definition) is 1. The van der Waals surface area contributed by atoms with E-state index in [1.165, 1.54) is 0 Å². The first-order valence-corrected chi connectivity index (χ1v) is 7.59. The Labute approximate surface area is 126 Å². The third kappa shape index (κ3) is 4.74. The summed E-state index contributed by atoms with van der Waals surface area (Å²) in [6, 6.07) is 7.64. The van der Waals surface area contributed by atoms with Crippen molar-refractivity contribution >= 4 is 5.97 Å². The number of aryl methyl sites for hydroxylation is 1. The van der Waals surface area contributed by atoms with Crippen LogP contribution in [0.2, 0.25) is 0 Å². The molecule has 0 aliphatic carbocycles. The van der Waals surface area contributed by atoms with E-state index in [1.54, 1.807) is 0 Å². The molecule has 0 aromatic heterocycles. The number of benzene rings is 1. The Morgan fingerprint density at radius 1 is 1.24 bits per heavy atom. The van der Waals surface area contributed by atoms with E-state index in [0.29, 0.717) is 11.7 Å². The minimum Gasteiger partial charge on any atom is -0.482 e. The zero-order valence-corrected chi connectivity index (χ0v) is 13.1. The summed E-state index contributed by atoms with van der Waals surface area (Å²) in [6.07, 6.45) is 2.08. The van der Waals surface area contributed by atoms with Crippen LogP contribution in [0.3, 0.4) is 0 Å². The second-order valence-corrected chi connectivity index (χ2v) is 6.20. The van der Waals surface area contributed by atoms with Crippen molar-refractivity contribution in [2.75, 3.05) is 19.7 Å². The van der Waals surface area contributed by atoms with Gasteiger partial charge in [0, 0.05) is 5.92 Å². The minimum absolute atomic E-state index is 0.0442. The van der Waals surface area contributed by atoms with Gasteiger partial charge in [-0.1, -0.05) is 17.7 Å². The molecule has 0 radical (unpaired) electrons. The third-order valence-electron chi connectivity index (χ3n) is 4.08. The van der Waals surface area contributed by atoms with Crippen molar-refractivity contribution in [3.05, 3.63) is 29.8 Å². The van der Waals surface area contributed by atoms with Crippen LogP contribution in [0.15, 0.2) is 24.3 Å². The molecule has 1 aromatic rings. The lowest BCUT2D eigenvalue weighted by atomic mass is 9.83. The highest BCUT2D eigenvalue weighted by molar-refractivity contribution is 5.71. The smallest absolute Gasteiger partial charge is 0.344 e. The highest BCUT2D eigenvalue weighted by Gasteiger charge is 2.34. The molecule has 4 nitrogen and oxygen atoms in total. The third-order valence-corrected chi connectivity index (χ3v) is 4.08. The summed E-state index contributed by atoms with van der Waals surface area (Å²) in [5.74, 6) is 0.790. The van der Waals surface area contributed by atoms with E-state index in [1.807, 2.05) is 45.0 Å². The van der Waals surface area contributed by atoms with E-state index < -0.39 is 5.60 Å². The molecule has 0 amide bonds. The fourth-order valence-electron chi connectivity index (χ4n) is 2.70. The molecule has 1 aliphatic heterocycles. The quantitative estimate of drug-likeness (QED) is 0.847. The highest BCUT2D eigenvalue weighted by Crippen LogP contribution is 2.29. The molecule has 1 aliphatic rings. The van der Waals surface area contributed by atoms with Crippen molar-refractivity contribution < 1.29 is 14.3 Å². The summed E-state index contributed by atoms with van der Waals surface area (Å²) in [4.78, 5) is 12.0. The molecule has 1 saturated heterocycles. The molecule has 4 heteroatoms. The number of piperidine rings is 1. The first kappa shape index (κ1) is 15.8. The SMILES string of the molecule is Cc1ccc(OCC(=O)OC(C)(C)C2CCNCC2)cc1. The van der Waals surface area contributed by atoms with Gasteiger partial charge in [0.05, 0.1) is 0 Å². The lowest BCUT2D eigenvalue weighted by Crippen LogP contribution is -2.43. The minimum atomic E-state index is -0.435. The van der Waals surface area contributed by atoms with Gasteiger partial charge in [0.2, 0.25) is 0 Å². The normalized spacial score (nSPS) is 16.5. The van der Waals surface area contributed by atoms with Crippen molar-refractivity contribution in [3.8, 4) is 5.75 Å². The summed E-state index contributed by atoms with van der Waals surface area (Å²) in [5, 5.41) is 3.33. The van der Waals surface area contributed by atoms with E-state index in [4.69, 9.17) is 9.47 Å². The predicted octanol–water partition coefficient (Wildman–Crippen LogP) is 2.70. The van der Waals surface area contributed by atoms with Gasteiger partial charge in [0.15, 0.2) is 6.61 Å². The summed E-state index contributed by atoms with van der Waals surface area (Å²) in [5.41, 5.74) is 0.729. The molecule has 21 heavy (non-hydrogen) atoms. The average Bonchev–Trinajstić information content (AvgIpc) is 2.47. The molecule has 0 bridgehead atoms. The monoisotopic (exact) mass is 291 g/mol. The molecular weight excluding hydrogens is 266 g/mol. The fraction of sp³-hybridized carbons (Fsp3) is 0.588. The van der Waals surface area contributed by atoms with Crippen LogP contribution in [-0.2, 0) is 9.53 Å². The van der Waals surface area contributed by atoms with Crippen LogP contribution in [-0.4, -0.2) is 31.3 Å². The Balaban J connectivity index is 1.81. The topological polar surface area (TPSA) is 47.6 Å². The molecular formula is C17H25NO3. The summed E-state index contributed by atoms with van der Waals surface area (Å²) < 4.78 is 11.1. The van der Waals surface area contributed by atoms with Crippen LogP contribution in [0.5, 0.6) is 5.75 Å². The molecule has 116 valence electrons. The van der Waals surface area contributed by atoms with E-state index in [2.05, 4.69) is 5.32 Å². The number of carbonyl (C=O) groups excluding carboxylic acids is 1. The Morgan fingerprint density at radius 2 is 1.86 bits per heavy atom. The molecule has 0 spiro atoms. The standard InChI is InChI=1S/C17H25NO3/c1-13-4-6-15(7-5-13)20-12-16(19)21-17(2,3)14-8-10-18-11-9-14/h4-7,14,18H,8-12H2,1-3H3. The zero-order valence-electron chi connectivity index (χ0n) is 13.1. The Bertz CT molecular complexity index is 461. The van der Waals surface area contributed by atoms with E-state index in [9.17, 15) is 4.79 Å². The molecule has 1 N–H and O–H groups in total. The van der Waals surface area contributed by atoms with Crippen molar-refractivity contribution in [1.82, 2.24) is 5.32 Å². The predicted molar refractivity (Wildman–Crippen MR) is 82.4 cm³/mol. The largest absolute Gasteiger partial charge is 0.482 e. The zero-order chi connectivity index (χ0) is 15.3. The fourth-order valence-corrected chi connectivity index (χ4v) is 2.70. The van der Waals surface area contributed by atoms with Crippen molar-refractivity contribution in [3.63, 3.8) is 0 Å². The number of ether oxygens (including phenoxy) is 2. The maximum Gasteiger partial charge on any atom is 0.344 e. The second kappa shape index (κ2) is 6.94. The molecule has 0 saturated carbocycles. The van der Waals surface area contributed by atoms with Gasteiger partial charge >= 0.3 is 5.97 Å². The van der Waals surface area contributed by atoms with Crippen LogP contribution in [0.1, 0.15) is 32.3 Å². The number of esters is 1.